The van der Waals surface area contributed by atoms with Gasteiger partial charge in [0.25, 0.3) is 0 Å². The van der Waals surface area contributed by atoms with Gasteiger partial charge in [-0.25, -0.2) is 9.59 Å². The van der Waals surface area contributed by atoms with Gasteiger partial charge in [0.2, 0.25) is 0 Å². The molecule has 0 spiro atoms. The lowest BCUT2D eigenvalue weighted by atomic mass is 9.98. The Morgan fingerprint density at radius 2 is 1.55 bits per heavy atom. The highest BCUT2D eigenvalue weighted by molar-refractivity contribution is 8.00. The highest BCUT2D eigenvalue weighted by Gasteiger charge is 2.33. The lowest BCUT2D eigenvalue weighted by Gasteiger charge is -2.31. The molecule has 40 heavy (non-hydrogen) atoms. The van der Waals surface area contributed by atoms with Crippen LogP contribution in [-0.2, 0) is 38.1 Å². The molecule has 0 saturated carbocycles. The van der Waals surface area contributed by atoms with E-state index < -0.39 is 47.7 Å². The Hall–Kier alpha value is -3.83. The molecule has 1 aliphatic heterocycles. The van der Waals surface area contributed by atoms with E-state index in [0.717, 1.165) is 22.3 Å². The van der Waals surface area contributed by atoms with Crippen molar-refractivity contribution in [3.63, 3.8) is 0 Å². The summed E-state index contributed by atoms with van der Waals surface area (Å²) in [4.78, 5) is 47.9. The molecular formula is C29H31NO9S. The molecule has 0 saturated heterocycles. The number of ether oxygens (including phenoxy) is 5. The summed E-state index contributed by atoms with van der Waals surface area (Å²) in [6.45, 7) is 2.52. The molecule has 4 rings (SSSR count). The first-order chi connectivity index (χ1) is 19.3. The molecule has 1 heterocycles. The van der Waals surface area contributed by atoms with Crippen LogP contribution in [0.15, 0.2) is 60.7 Å². The lowest BCUT2D eigenvalue weighted by Crippen LogP contribution is -2.45. The maximum absolute atomic E-state index is 12.8. The van der Waals surface area contributed by atoms with Crippen molar-refractivity contribution < 1.29 is 42.9 Å². The summed E-state index contributed by atoms with van der Waals surface area (Å²) in [5, 5.41) is 2.59. The molecule has 1 aliphatic carbocycles. The molecule has 0 aromatic heterocycles. The number of methoxy groups -OCH3 is 1. The maximum atomic E-state index is 12.8. The first-order valence-corrected chi connectivity index (χ1v) is 13.8. The zero-order valence-electron chi connectivity index (χ0n) is 22.4. The van der Waals surface area contributed by atoms with E-state index in [0.29, 0.717) is 0 Å². The van der Waals surface area contributed by atoms with E-state index in [9.17, 15) is 19.2 Å². The predicted molar refractivity (Wildman–Crippen MR) is 146 cm³/mol. The van der Waals surface area contributed by atoms with Crippen LogP contribution >= 0.6 is 11.8 Å². The fourth-order valence-electron chi connectivity index (χ4n) is 4.64. The maximum Gasteiger partial charge on any atom is 0.407 e. The van der Waals surface area contributed by atoms with Crippen molar-refractivity contribution in [2.45, 2.75) is 43.5 Å². The molecule has 2 aromatic carbocycles. The van der Waals surface area contributed by atoms with E-state index in [1.807, 2.05) is 48.5 Å². The van der Waals surface area contributed by atoms with Gasteiger partial charge in [-0.05, 0) is 34.4 Å². The highest BCUT2D eigenvalue weighted by Crippen LogP contribution is 2.44. The Balaban J connectivity index is 1.35. The first-order valence-electron chi connectivity index (χ1n) is 12.7. The third kappa shape index (κ3) is 7.22. The Morgan fingerprint density at radius 1 is 0.900 bits per heavy atom. The van der Waals surface area contributed by atoms with E-state index in [1.165, 1.54) is 32.7 Å². The first kappa shape index (κ1) is 29.2. The molecule has 0 radical (unpaired) electrons. The largest absolute Gasteiger partial charge is 0.467 e. The summed E-state index contributed by atoms with van der Waals surface area (Å²) in [5.41, 5.74) is 3.81. The van der Waals surface area contributed by atoms with E-state index in [1.54, 1.807) is 12.2 Å². The second kappa shape index (κ2) is 13.5. The molecule has 0 bridgehead atoms. The molecule has 10 nitrogen and oxygen atoms in total. The molecule has 4 atom stereocenters. The number of carbonyl (C=O) groups is 4. The summed E-state index contributed by atoms with van der Waals surface area (Å²) in [5.74, 6) is -1.67. The van der Waals surface area contributed by atoms with Crippen LogP contribution in [0.3, 0.4) is 0 Å². The summed E-state index contributed by atoms with van der Waals surface area (Å²) < 4.78 is 26.6. The minimum absolute atomic E-state index is 0.102. The minimum atomic E-state index is -1.01. The second-order valence-electron chi connectivity index (χ2n) is 9.18. The Labute approximate surface area is 236 Å². The van der Waals surface area contributed by atoms with Crippen molar-refractivity contribution in [2.24, 2.45) is 0 Å². The van der Waals surface area contributed by atoms with Crippen LogP contribution in [0.2, 0.25) is 0 Å². The predicted octanol–water partition coefficient (Wildman–Crippen LogP) is 3.58. The van der Waals surface area contributed by atoms with Crippen molar-refractivity contribution in [1.29, 1.82) is 0 Å². The van der Waals surface area contributed by atoms with Crippen LogP contribution in [0.1, 0.15) is 30.9 Å². The van der Waals surface area contributed by atoms with Gasteiger partial charge in [0.15, 0.2) is 0 Å². The van der Waals surface area contributed by atoms with Crippen LogP contribution in [0.4, 0.5) is 4.79 Å². The van der Waals surface area contributed by atoms with E-state index in [-0.39, 0.29) is 24.9 Å². The Bertz CT molecular complexity index is 1230. The summed E-state index contributed by atoms with van der Waals surface area (Å²) in [6, 6.07) is 15.0. The number of esters is 3. The van der Waals surface area contributed by atoms with Gasteiger partial charge in [-0.2, -0.15) is 0 Å². The zero-order chi connectivity index (χ0) is 28.6. The van der Waals surface area contributed by atoms with Crippen molar-refractivity contribution in [3.8, 4) is 11.1 Å². The number of hydrogen-bond donors (Lipinski definition) is 1. The van der Waals surface area contributed by atoms with E-state index in [2.05, 4.69) is 5.32 Å². The van der Waals surface area contributed by atoms with Crippen LogP contribution < -0.4 is 5.32 Å². The van der Waals surface area contributed by atoms with Crippen LogP contribution in [0, 0.1) is 0 Å². The molecule has 2 aliphatic rings. The van der Waals surface area contributed by atoms with Gasteiger partial charge in [-0.1, -0.05) is 48.5 Å². The number of fused-ring (bicyclic) bond motifs is 3. The number of nitrogens with one attached hydrogen (secondary N) is 1. The van der Waals surface area contributed by atoms with Crippen molar-refractivity contribution in [1.82, 2.24) is 5.32 Å². The Morgan fingerprint density at radius 3 is 2.15 bits per heavy atom. The van der Waals surface area contributed by atoms with E-state index in [4.69, 9.17) is 23.7 Å². The van der Waals surface area contributed by atoms with E-state index >= 15 is 0 Å². The van der Waals surface area contributed by atoms with Gasteiger partial charge >= 0.3 is 24.0 Å². The van der Waals surface area contributed by atoms with Gasteiger partial charge in [0.1, 0.15) is 36.9 Å². The normalized spacial score (nSPS) is 20.0. The number of carbonyl (C=O) groups excluding carboxylic acids is 4. The van der Waals surface area contributed by atoms with Gasteiger partial charge in [0.05, 0.1) is 7.11 Å². The average molecular weight is 570 g/mol. The quantitative estimate of drug-likeness (QED) is 0.258. The molecule has 11 heteroatoms. The van der Waals surface area contributed by atoms with Crippen molar-refractivity contribution in [2.75, 3.05) is 26.1 Å². The molecule has 1 amide bonds. The minimum Gasteiger partial charge on any atom is -0.467 e. The van der Waals surface area contributed by atoms with Gasteiger partial charge in [-0.3, -0.25) is 9.59 Å². The smallest absolute Gasteiger partial charge is 0.407 e. The summed E-state index contributed by atoms with van der Waals surface area (Å²) >= 11 is 1.21. The van der Waals surface area contributed by atoms with Gasteiger partial charge in [-0.15, -0.1) is 11.8 Å². The number of benzene rings is 2. The topological polar surface area (TPSA) is 126 Å². The standard InChI is InChI=1S/C29H31NO9S/c1-17(31)36-15-26-25(38-18(2)32)12-13-27(39-26)40-16-24(28(33)35-3)30-29(34)37-14-23-21-10-6-4-8-19(21)20-9-5-7-11-22(20)23/h4-13,23-27H,14-16H2,1-3H3,(H,30,34)/t24-,25-,26+,27+/m0/s1. The lowest BCUT2D eigenvalue weighted by molar-refractivity contribution is -0.160. The monoisotopic (exact) mass is 569 g/mol. The Kier molecular flexibility index (Phi) is 9.84. The molecule has 2 aromatic rings. The van der Waals surface area contributed by atoms with Gasteiger partial charge in [0, 0.05) is 25.5 Å². The molecule has 0 fully saturated rings. The van der Waals surface area contributed by atoms with Crippen LogP contribution in [0.25, 0.3) is 11.1 Å². The molecular weight excluding hydrogens is 538 g/mol. The number of rotatable bonds is 10. The summed E-state index contributed by atoms with van der Waals surface area (Å²) in [7, 11) is 1.23. The van der Waals surface area contributed by atoms with Crippen LogP contribution in [0.5, 0.6) is 0 Å². The third-order valence-electron chi connectivity index (χ3n) is 6.43. The highest BCUT2D eigenvalue weighted by atomic mass is 32.2. The van der Waals surface area contributed by atoms with Crippen LogP contribution in [-0.4, -0.2) is 73.8 Å². The molecule has 212 valence electrons. The van der Waals surface area contributed by atoms with Crippen molar-refractivity contribution in [3.05, 3.63) is 71.8 Å². The third-order valence-corrected chi connectivity index (χ3v) is 7.56. The number of hydrogen-bond acceptors (Lipinski definition) is 10. The number of thioether (sulfide) groups is 1. The second-order valence-corrected chi connectivity index (χ2v) is 10.3. The number of alkyl carbamates (subject to hydrolysis) is 1. The average Bonchev–Trinajstić information content (AvgIpc) is 3.26. The fourth-order valence-corrected chi connectivity index (χ4v) is 5.66. The van der Waals surface area contributed by atoms with Crippen molar-refractivity contribution >= 4 is 35.8 Å². The number of amides is 1. The van der Waals surface area contributed by atoms with Gasteiger partial charge < -0.3 is 29.0 Å². The SMILES string of the molecule is COC(=O)[C@H](CS[C@@H]1C=C[C@H](OC(C)=O)[C@@H](COC(C)=O)O1)NC(=O)OCC1c2ccccc2-c2ccccc21. The zero-order valence-corrected chi connectivity index (χ0v) is 23.2. The fraction of sp³-hybridized carbons (Fsp3) is 0.379. The molecule has 1 N–H and O–H groups in total. The summed E-state index contributed by atoms with van der Waals surface area (Å²) in [6.07, 6.45) is 1.10. The molecule has 0 unspecified atom stereocenters.